The maximum atomic E-state index is 12.6. The van der Waals surface area contributed by atoms with Crippen LogP contribution in [0.2, 0.25) is 0 Å². The van der Waals surface area contributed by atoms with Crippen molar-refractivity contribution in [2.45, 2.75) is 174 Å². The molecule has 9 heteroatoms. The molecule has 0 aliphatic heterocycles. The van der Waals surface area contributed by atoms with Crippen molar-refractivity contribution in [2.75, 3.05) is 33.0 Å². The molecule has 0 saturated carbocycles. The molecule has 0 aromatic heterocycles. The van der Waals surface area contributed by atoms with Gasteiger partial charge in [0, 0.05) is 19.6 Å². The average molecular weight is 804 g/mol. The van der Waals surface area contributed by atoms with Crippen molar-refractivity contribution in [1.29, 1.82) is 0 Å². The van der Waals surface area contributed by atoms with Crippen molar-refractivity contribution in [1.82, 2.24) is 0 Å². The highest BCUT2D eigenvalue weighted by molar-refractivity contribution is 7.47. The number of allylic oxidation sites excluding steroid dienone is 14. The predicted octanol–water partition coefficient (Wildman–Crippen LogP) is 13.3. The molecule has 322 valence electrons. The first-order valence-corrected chi connectivity index (χ1v) is 23.6. The minimum Gasteiger partial charge on any atom is -0.457 e. The van der Waals surface area contributed by atoms with Gasteiger partial charge in [0.05, 0.1) is 19.8 Å². The molecule has 56 heavy (non-hydrogen) atoms. The van der Waals surface area contributed by atoms with E-state index in [0.29, 0.717) is 13.0 Å². The minimum atomic E-state index is -4.29. The number of ether oxygens (including phenoxy) is 2. The zero-order valence-electron chi connectivity index (χ0n) is 35.6. The minimum absolute atomic E-state index is 0.0917. The second-order valence-corrected chi connectivity index (χ2v) is 15.6. The predicted molar refractivity (Wildman–Crippen MR) is 238 cm³/mol. The molecule has 0 fully saturated rings. The quantitative estimate of drug-likeness (QED) is 0.0272. The molecule has 0 aliphatic carbocycles. The second-order valence-electron chi connectivity index (χ2n) is 14.1. The van der Waals surface area contributed by atoms with Gasteiger partial charge in [0.1, 0.15) is 6.10 Å². The van der Waals surface area contributed by atoms with Crippen LogP contribution in [0.15, 0.2) is 85.1 Å². The Hall–Kier alpha value is -2.32. The third-order valence-electron chi connectivity index (χ3n) is 8.81. The van der Waals surface area contributed by atoms with Gasteiger partial charge in [-0.15, -0.1) is 0 Å². The van der Waals surface area contributed by atoms with Crippen molar-refractivity contribution in [2.24, 2.45) is 5.73 Å². The van der Waals surface area contributed by atoms with Crippen LogP contribution < -0.4 is 5.73 Å². The number of carbonyl (C=O) groups excluding carboxylic acids is 1. The topological polar surface area (TPSA) is 117 Å². The van der Waals surface area contributed by atoms with Crippen LogP contribution in [0.25, 0.3) is 0 Å². The zero-order chi connectivity index (χ0) is 40.9. The normalized spacial score (nSPS) is 14.3. The largest absolute Gasteiger partial charge is 0.472 e. The fourth-order valence-electron chi connectivity index (χ4n) is 5.65. The van der Waals surface area contributed by atoms with Gasteiger partial charge in [-0.1, -0.05) is 163 Å². The Morgan fingerprint density at radius 1 is 0.536 bits per heavy atom. The van der Waals surface area contributed by atoms with Crippen LogP contribution in [-0.4, -0.2) is 49.9 Å². The Morgan fingerprint density at radius 3 is 1.41 bits per heavy atom. The third kappa shape index (κ3) is 42.8. The summed E-state index contributed by atoms with van der Waals surface area (Å²) in [5.74, 6) is -0.353. The molecule has 3 N–H and O–H groups in total. The summed E-state index contributed by atoms with van der Waals surface area (Å²) < 4.78 is 33.4. The Morgan fingerprint density at radius 2 is 0.946 bits per heavy atom. The van der Waals surface area contributed by atoms with Gasteiger partial charge >= 0.3 is 13.8 Å². The number of phosphoric acid groups is 1. The lowest BCUT2D eigenvalue weighted by Crippen LogP contribution is -2.28. The molecule has 0 aliphatic rings. The first kappa shape index (κ1) is 53.7. The average Bonchev–Trinajstić information content (AvgIpc) is 3.19. The van der Waals surface area contributed by atoms with Gasteiger partial charge in [0.2, 0.25) is 0 Å². The van der Waals surface area contributed by atoms with Gasteiger partial charge in [-0.25, -0.2) is 4.57 Å². The molecule has 0 radical (unpaired) electrons. The first-order valence-electron chi connectivity index (χ1n) is 22.1. The van der Waals surface area contributed by atoms with Gasteiger partial charge in [0.25, 0.3) is 0 Å². The molecular formula is C47H82NO7P. The van der Waals surface area contributed by atoms with E-state index in [1.165, 1.54) is 51.4 Å². The van der Waals surface area contributed by atoms with Crippen molar-refractivity contribution < 1.29 is 32.8 Å². The summed E-state index contributed by atoms with van der Waals surface area (Å²) >= 11 is 0. The number of unbranched alkanes of at least 4 members (excludes halogenated alkanes) is 14. The number of carbonyl (C=O) groups is 1. The number of hydrogen-bond acceptors (Lipinski definition) is 7. The highest BCUT2D eigenvalue weighted by Crippen LogP contribution is 2.43. The van der Waals surface area contributed by atoms with E-state index < -0.39 is 13.9 Å². The molecule has 2 unspecified atom stereocenters. The molecule has 8 nitrogen and oxygen atoms in total. The standard InChI is InChI=1S/C47H82NO7P/c1-3-5-7-9-11-13-15-17-19-20-21-22-23-24-25-27-29-31-33-35-37-39-42-52-44-46(45-54-56(50,51)53-43-41-48)55-47(49)40-38-36-34-32-30-28-26-18-16-14-12-10-8-6-4-2/h5-8,11-14,17-19,21-22,26,46H,3-4,9-10,15-16,20,23-25,27-45,48H2,1-2H3,(H,50,51)/b7-5-,8-6-,13-11-,14-12-,19-17-,22-21-,26-18-. The van der Waals surface area contributed by atoms with Crippen LogP contribution >= 0.6 is 7.82 Å². The molecule has 0 amide bonds. The molecule has 0 bridgehead atoms. The van der Waals surface area contributed by atoms with Crippen molar-refractivity contribution in [3.63, 3.8) is 0 Å². The van der Waals surface area contributed by atoms with Crippen LogP contribution in [0.1, 0.15) is 168 Å². The SMILES string of the molecule is CC/C=C\C/C=C\C/C=C\C/C=C\CCCCCCCCCCCOCC(COP(=O)(O)OCCN)OC(=O)CCCCCCC/C=C\C/C=C\C/C=C\CC. The van der Waals surface area contributed by atoms with E-state index in [9.17, 15) is 14.3 Å². The number of hydrogen-bond donors (Lipinski definition) is 2. The summed E-state index contributed by atoms with van der Waals surface area (Å²) in [5, 5.41) is 0. The molecule has 0 aromatic carbocycles. The van der Waals surface area contributed by atoms with E-state index in [4.69, 9.17) is 24.3 Å². The van der Waals surface area contributed by atoms with Gasteiger partial charge < -0.3 is 20.1 Å². The third-order valence-corrected chi connectivity index (χ3v) is 9.79. The smallest absolute Gasteiger partial charge is 0.457 e. The van der Waals surface area contributed by atoms with Crippen molar-refractivity contribution in [3.8, 4) is 0 Å². The van der Waals surface area contributed by atoms with Crippen LogP contribution in [0, 0.1) is 0 Å². The maximum absolute atomic E-state index is 12.6. The van der Waals surface area contributed by atoms with E-state index in [1.54, 1.807) is 0 Å². The number of rotatable bonds is 41. The van der Waals surface area contributed by atoms with Gasteiger partial charge in [-0.2, -0.15) is 0 Å². The lowest BCUT2D eigenvalue weighted by atomic mass is 10.1. The summed E-state index contributed by atoms with van der Waals surface area (Å²) in [5.41, 5.74) is 5.37. The monoisotopic (exact) mass is 804 g/mol. The van der Waals surface area contributed by atoms with E-state index in [-0.39, 0.29) is 32.3 Å². The fraction of sp³-hybridized carbons (Fsp3) is 0.681. The number of esters is 1. The van der Waals surface area contributed by atoms with E-state index in [2.05, 4.69) is 98.9 Å². The lowest BCUT2D eigenvalue weighted by Gasteiger charge is -2.20. The molecule has 0 saturated heterocycles. The maximum Gasteiger partial charge on any atom is 0.472 e. The van der Waals surface area contributed by atoms with Gasteiger partial charge in [-0.3, -0.25) is 13.8 Å². The molecule has 0 aromatic rings. The Labute approximate surface area is 343 Å². The highest BCUT2D eigenvalue weighted by Gasteiger charge is 2.25. The molecule has 2 atom stereocenters. The summed E-state index contributed by atoms with van der Waals surface area (Å²) in [7, 11) is -4.29. The van der Waals surface area contributed by atoms with Crippen molar-refractivity contribution >= 4 is 13.8 Å². The summed E-state index contributed by atoms with van der Waals surface area (Å²) in [4.78, 5) is 22.5. The van der Waals surface area contributed by atoms with E-state index >= 15 is 0 Å². The molecule has 0 spiro atoms. The van der Waals surface area contributed by atoms with Crippen LogP contribution in [0.3, 0.4) is 0 Å². The van der Waals surface area contributed by atoms with Gasteiger partial charge in [-0.05, 0) is 83.5 Å². The molecule has 0 heterocycles. The Bertz CT molecular complexity index is 1130. The van der Waals surface area contributed by atoms with E-state index in [1.807, 2.05) is 0 Å². The zero-order valence-corrected chi connectivity index (χ0v) is 36.5. The second kappa shape index (κ2) is 43.8. The van der Waals surface area contributed by atoms with Crippen LogP contribution in [0.5, 0.6) is 0 Å². The summed E-state index contributed by atoms with van der Waals surface area (Å²) in [6.45, 7) is 4.64. The lowest BCUT2D eigenvalue weighted by molar-refractivity contribution is -0.154. The fourth-order valence-corrected chi connectivity index (χ4v) is 6.41. The van der Waals surface area contributed by atoms with Crippen LogP contribution in [0.4, 0.5) is 0 Å². The van der Waals surface area contributed by atoms with Crippen LogP contribution in [-0.2, 0) is 27.9 Å². The highest BCUT2D eigenvalue weighted by atomic mass is 31.2. The Kier molecular flexibility index (Phi) is 42.0. The summed E-state index contributed by atoms with van der Waals surface area (Å²) in [6.07, 6.45) is 56.0. The number of nitrogens with two attached hydrogens (primary N) is 1. The van der Waals surface area contributed by atoms with Gasteiger partial charge in [0.15, 0.2) is 0 Å². The molecule has 0 rings (SSSR count). The van der Waals surface area contributed by atoms with E-state index in [0.717, 1.165) is 96.3 Å². The molecular weight excluding hydrogens is 721 g/mol. The van der Waals surface area contributed by atoms with Crippen molar-refractivity contribution in [3.05, 3.63) is 85.1 Å². The first-order chi connectivity index (χ1) is 27.4. The number of phosphoric ester groups is 1. The Balaban J connectivity index is 4.05. The summed E-state index contributed by atoms with van der Waals surface area (Å²) in [6, 6.07) is 0.